The Balaban J connectivity index is 1.74. The highest BCUT2D eigenvalue weighted by Crippen LogP contribution is 2.31. The Bertz CT molecular complexity index is 1410. The normalized spacial score (nSPS) is 11.9. The minimum atomic E-state index is -0.516. The molecule has 0 saturated heterocycles. The Morgan fingerprint density at radius 3 is 2.90 bits per heavy atom. The SMILES string of the molecule is CN/C=C(\C=N)Cc1nc2c(s1)c1cnn(Cc3cccc(C(N)=O)c3)c(=O)c1n2C. The minimum absolute atomic E-state index is 0.227. The molecule has 0 unspecified atom stereocenters. The van der Waals surface area contributed by atoms with E-state index < -0.39 is 5.91 Å². The van der Waals surface area contributed by atoms with Crippen molar-refractivity contribution in [1.82, 2.24) is 24.6 Å². The molecule has 0 aliphatic carbocycles. The van der Waals surface area contributed by atoms with Crippen molar-refractivity contribution in [3.63, 3.8) is 0 Å². The summed E-state index contributed by atoms with van der Waals surface area (Å²) in [6.45, 7) is 0.227. The number of carbonyl (C=O) groups excluding carboxylic acids is 1. The van der Waals surface area contributed by atoms with Gasteiger partial charge in [-0.1, -0.05) is 12.1 Å². The van der Waals surface area contributed by atoms with E-state index in [1.54, 1.807) is 42.2 Å². The molecule has 10 heteroatoms. The van der Waals surface area contributed by atoms with Gasteiger partial charge in [0.05, 0.1) is 17.4 Å². The predicted molar refractivity (Wildman–Crippen MR) is 122 cm³/mol. The number of aromatic nitrogens is 4. The number of nitrogens with one attached hydrogen (secondary N) is 2. The highest BCUT2D eigenvalue weighted by atomic mass is 32.1. The van der Waals surface area contributed by atoms with Crippen molar-refractivity contribution in [2.24, 2.45) is 12.8 Å². The van der Waals surface area contributed by atoms with Crippen LogP contribution in [0, 0.1) is 5.41 Å². The van der Waals surface area contributed by atoms with Crippen LogP contribution in [0.3, 0.4) is 0 Å². The van der Waals surface area contributed by atoms with Crippen LogP contribution in [0.2, 0.25) is 0 Å². The summed E-state index contributed by atoms with van der Waals surface area (Å²) in [5.41, 5.74) is 8.32. The molecule has 4 aromatic rings. The number of aryl methyl sites for hydroxylation is 1. The van der Waals surface area contributed by atoms with Gasteiger partial charge >= 0.3 is 0 Å². The Kier molecular flexibility index (Phi) is 5.38. The molecule has 3 aromatic heterocycles. The Hall–Kier alpha value is -3.79. The van der Waals surface area contributed by atoms with Crippen molar-refractivity contribution in [2.75, 3.05) is 7.05 Å². The lowest BCUT2D eigenvalue weighted by molar-refractivity contribution is 0.1000. The van der Waals surface area contributed by atoms with Crippen LogP contribution < -0.4 is 16.6 Å². The maximum absolute atomic E-state index is 13.2. The summed E-state index contributed by atoms with van der Waals surface area (Å²) >= 11 is 1.50. The number of benzene rings is 1. The van der Waals surface area contributed by atoms with Crippen LogP contribution >= 0.6 is 11.3 Å². The average Bonchev–Trinajstić information content (AvgIpc) is 3.28. The van der Waals surface area contributed by atoms with Gasteiger partial charge in [0.15, 0.2) is 5.65 Å². The number of nitrogens with zero attached hydrogens (tertiary/aromatic N) is 4. The van der Waals surface area contributed by atoms with Crippen LogP contribution in [0.15, 0.2) is 47.0 Å². The Labute approximate surface area is 181 Å². The second kappa shape index (κ2) is 8.15. The van der Waals surface area contributed by atoms with Crippen LogP contribution in [0.5, 0.6) is 0 Å². The zero-order valence-electron chi connectivity index (χ0n) is 17.0. The van der Waals surface area contributed by atoms with Gasteiger partial charge in [0, 0.05) is 43.9 Å². The van der Waals surface area contributed by atoms with E-state index in [1.807, 2.05) is 13.1 Å². The summed E-state index contributed by atoms with van der Waals surface area (Å²) in [5, 5.41) is 16.4. The van der Waals surface area contributed by atoms with Gasteiger partial charge in [-0.25, -0.2) is 9.67 Å². The first-order valence-electron chi connectivity index (χ1n) is 9.52. The fraction of sp³-hybridized carbons (Fsp3) is 0.190. The maximum atomic E-state index is 13.2. The first-order chi connectivity index (χ1) is 14.9. The van der Waals surface area contributed by atoms with Crippen LogP contribution in [0.25, 0.3) is 21.3 Å². The predicted octanol–water partition coefficient (Wildman–Crippen LogP) is 1.79. The van der Waals surface area contributed by atoms with E-state index in [0.717, 1.165) is 31.9 Å². The molecule has 1 aromatic carbocycles. The van der Waals surface area contributed by atoms with Crippen molar-refractivity contribution < 1.29 is 4.79 Å². The number of fused-ring (bicyclic) bond motifs is 3. The maximum Gasteiger partial charge on any atom is 0.291 e. The first-order valence-corrected chi connectivity index (χ1v) is 10.3. The van der Waals surface area contributed by atoms with E-state index in [9.17, 15) is 9.59 Å². The number of hydrogen-bond donors (Lipinski definition) is 3. The summed E-state index contributed by atoms with van der Waals surface area (Å²) in [5.74, 6) is -0.516. The molecule has 4 N–H and O–H groups in total. The monoisotopic (exact) mass is 435 g/mol. The fourth-order valence-corrected chi connectivity index (χ4v) is 4.66. The molecule has 0 fully saturated rings. The third kappa shape index (κ3) is 3.73. The molecule has 9 nitrogen and oxygen atoms in total. The number of primary amides is 1. The molecule has 0 atom stereocenters. The van der Waals surface area contributed by atoms with Crippen LogP contribution in [0.4, 0.5) is 0 Å². The summed E-state index contributed by atoms with van der Waals surface area (Å²) in [7, 11) is 3.60. The van der Waals surface area contributed by atoms with Gasteiger partial charge in [-0.15, -0.1) is 11.3 Å². The lowest BCUT2D eigenvalue weighted by atomic mass is 10.1. The molecular weight excluding hydrogens is 414 g/mol. The lowest BCUT2D eigenvalue weighted by Crippen LogP contribution is -2.24. The number of thiazole rings is 1. The number of carbonyl (C=O) groups is 1. The van der Waals surface area contributed by atoms with Crippen molar-refractivity contribution in [1.29, 1.82) is 5.41 Å². The summed E-state index contributed by atoms with van der Waals surface area (Å²) in [4.78, 5) is 29.3. The van der Waals surface area contributed by atoms with Gasteiger partial charge in [-0.2, -0.15) is 5.10 Å². The van der Waals surface area contributed by atoms with E-state index >= 15 is 0 Å². The summed E-state index contributed by atoms with van der Waals surface area (Å²) in [6, 6.07) is 6.85. The molecular formula is C21H21N7O2S. The van der Waals surface area contributed by atoms with Crippen LogP contribution in [0.1, 0.15) is 20.9 Å². The van der Waals surface area contributed by atoms with Crippen molar-refractivity contribution >= 4 is 44.7 Å². The highest BCUT2D eigenvalue weighted by Gasteiger charge is 2.18. The van der Waals surface area contributed by atoms with Gasteiger partial charge in [0.1, 0.15) is 10.5 Å². The minimum Gasteiger partial charge on any atom is -0.394 e. The third-order valence-corrected chi connectivity index (χ3v) is 6.06. The molecule has 4 rings (SSSR count). The second-order valence-electron chi connectivity index (χ2n) is 7.08. The quantitative estimate of drug-likeness (QED) is 0.381. The van der Waals surface area contributed by atoms with Crippen LogP contribution in [-0.2, 0) is 20.0 Å². The highest BCUT2D eigenvalue weighted by molar-refractivity contribution is 7.19. The molecule has 0 aliphatic rings. The molecule has 3 heterocycles. The topological polar surface area (TPSA) is 132 Å². The molecule has 158 valence electrons. The molecule has 0 radical (unpaired) electrons. The molecule has 0 spiro atoms. The zero-order valence-corrected chi connectivity index (χ0v) is 17.9. The summed E-state index contributed by atoms with van der Waals surface area (Å²) < 4.78 is 4.06. The fourth-order valence-electron chi connectivity index (χ4n) is 3.52. The number of rotatable bonds is 7. The van der Waals surface area contributed by atoms with Crippen molar-refractivity contribution in [2.45, 2.75) is 13.0 Å². The average molecular weight is 436 g/mol. The van der Waals surface area contributed by atoms with Crippen molar-refractivity contribution in [3.8, 4) is 0 Å². The third-order valence-electron chi connectivity index (χ3n) is 4.98. The van der Waals surface area contributed by atoms with Gasteiger partial charge < -0.3 is 21.0 Å². The standard InChI is InChI=1S/C21H21N7O2S/c1-24-9-13(8-22)7-16-26-20-18(31-16)15-10-25-28(21(30)17(15)27(20)2)11-12-4-3-5-14(6-12)19(23)29/h3-6,8-10,22,24H,7,11H2,1-2H3,(H2,23,29)/b13-9-,22-8?. The van der Waals surface area contributed by atoms with E-state index in [-0.39, 0.29) is 12.1 Å². The smallest absolute Gasteiger partial charge is 0.291 e. The van der Waals surface area contributed by atoms with E-state index in [4.69, 9.17) is 11.1 Å². The number of hydrogen-bond acceptors (Lipinski definition) is 7. The number of allylic oxidation sites excluding steroid dienone is 1. The van der Waals surface area contributed by atoms with Gasteiger partial charge in [0.25, 0.3) is 5.56 Å². The second-order valence-corrected chi connectivity index (χ2v) is 8.17. The molecule has 0 aliphatic heterocycles. The number of nitrogens with two attached hydrogens (primary N) is 1. The largest absolute Gasteiger partial charge is 0.394 e. The number of amides is 1. The lowest BCUT2D eigenvalue weighted by Gasteiger charge is -2.07. The zero-order chi connectivity index (χ0) is 22.1. The molecule has 0 saturated carbocycles. The molecule has 0 bridgehead atoms. The van der Waals surface area contributed by atoms with Gasteiger partial charge in [-0.3, -0.25) is 9.59 Å². The first kappa shape index (κ1) is 20.5. The van der Waals surface area contributed by atoms with Crippen molar-refractivity contribution in [3.05, 3.63) is 68.7 Å². The van der Waals surface area contributed by atoms with E-state index in [1.165, 1.54) is 22.2 Å². The molecule has 1 amide bonds. The van der Waals surface area contributed by atoms with Crippen LogP contribution in [-0.4, -0.2) is 38.5 Å². The van der Waals surface area contributed by atoms with Gasteiger partial charge in [-0.05, 0) is 23.3 Å². The van der Waals surface area contributed by atoms with E-state index in [2.05, 4.69) is 15.4 Å². The summed E-state index contributed by atoms with van der Waals surface area (Å²) in [6.07, 6.45) is 5.28. The van der Waals surface area contributed by atoms with Gasteiger partial charge in [0.2, 0.25) is 5.91 Å². The molecule has 31 heavy (non-hydrogen) atoms. The van der Waals surface area contributed by atoms with E-state index in [0.29, 0.717) is 17.5 Å². The Morgan fingerprint density at radius 1 is 1.39 bits per heavy atom. The Morgan fingerprint density at radius 2 is 2.19 bits per heavy atom.